The third-order valence-electron chi connectivity index (χ3n) is 3.46. The molecule has 1 amide bonds. The standard InChI is InChI=1S/C18H20INO4/c1-12(16-10-15(22-2)8-9-17(16)23-3)20-18(21)11-24-14-6-4-13(19)5-7-14/h4-10,12H,11H2,1-3H3,(H,20,21)/t12-/m1/s1. The first-order valence-electron chi connectivity index (χ1n) is 7.43. The van der Waals surface area contributed by atoms with Crippen molar-refractivity contribution in [1.29, 1.82) is 0 Å². The molecule has 0 radical (unpaired) electrons. The molecule has 2 aromatic rings. The summed E-state index contributed by atoms with van der Waals surface area (Å²) in [4.78, 5) is 12.1. The number of hydrogen-bond donors (Lipinski definition) is 1. The first-order valence-corrected chi connectivity index (χ1v) is 8.51. The van der Waals surface area contributed by atoms with Gasteiger partial charge in [0.15, 0.2) is 6.61 Å². The summed E-state index contributed by atoms with van der Waals surface area (Å²) in [5.74, 6) is 1.87. The van der Waals surface area contributed by atoms with Gasteiger partial charge in [0.25, 0.3) is 5.91 Å². The number of halogens is 1. The topological polar surface area (TPSA) is 56.8 Å². The molecular weight excluding hydrogens is 421 g/mol. The maximum atomic E-state index is 12.1. The van der Waals surface area contributed by atoms with Gasteiger partial charge in [-0.15, -0.1) is 0 Å². The van der Waals surface area contributed by atoms with E-state index in [1.165, 1.54) is 0 Å². The second kappa shape index (κ2) is 8.77. The number of carbonyl (C=O) groups excluding carboxylic acids is 1. The van der Waals surface area contributed by atoms with Gasteiger partial charge < -0.3 is 19.5 Å². The molecule has 0 aromatic heterocycles. The monoisotopic (exact) mass is 441 g/mol. The second-order valence-corrected chi connectivity index (χ2v) is 6.39. The molecule has 0 aliphatic heterocycles. The second-order valence-electron chi connectivity index (χ2n) is 5.14. The Morgan fingerprint density at radius 2 is 1.75 bits per heavy atom. The van der Waals surface area contributed by atoms with Crippen LogP contribution in [0.15, 0.2) is 42.5 Å². The van der Waals surface area contributed by atoms with Crippen molar-refractivity contribution >= 4 is 28.5 Å². The van der Waals surface area contributed by atoms with Crippen molar-refractivity contribution in [1.82, 2.24) is 5.32 Å². The molecule has 0 heterocycles. The Balaban J connectivity index is 1.97. The quantitative estimate of drug-likeness (QED) is 0.668. The van der Waals surface area contributed by atoms with Gasteiger partial charge in [0, 0.05) is 9.13 Å². The molecule has 2 rings (SSSR count). The van der Waals surface area contributed by atoms with Crippen LogP contribution in [0, 0.1) is 3.57 Å². The van der Waals surface area contributed by atoms with E-state index in [0.29, 0.717) is 17.2 Å². The largest absolute Gasteiger partial charge is 0.497 e. The van der Waals surface area contributed by atoms with Crippen molar-refractivity contribution in [3.63, 3.8) is 0 Å². The normalized spacial score (nSPS) is 11.5. The van der Waals surface area contributed by atoms with E-state index in [1.807, 2.05) is 49.4 Å². The van der Waals surface area contributed by atoms with E-state index in [1.54, 1.807) is 14.2 Å². The molecule has 0 saturated heterocycles. The number of methoxy groups -OCH3 is 2. The fourth-order valence-corrected chi connectivity index (χ4v) is 2.58. The number of rotatable bonds is 7. The Hall–Kier alpha value is -1.96. The molecule has 0 aliphatic carbocycles. The predicted octanol–water partition coefficient (Wildman–Crippen LogP) is 3.56. The van der Waals surface area contributed by atoms with Crippen molar-refractivity contribution in [3.8, 4) is 17.2 Å². The summed E-state index contributed by atoms with van der Waals surface area (Å²) in [6, 6.07) is 12.8. The summed E-state index contributed by atoms with van der Waals surface area (Å²) in [7, 11) is 3.20. The Morgan fingerprint density at radius 1 is 1.08 bits per heavy atom. The van der Waals surface area contributed by atoms with Crippen LogP contribution in [0.5, 0.6) is 17.2 Å². The predicted molar refractivity (Wildman–Crippen MR) is 101 cm³/mol. The summed E-state index contributed by atoms with van der Waals surface area (Å²) in [6.45, 7) is 1.84. The molecule has 128 valence electrons. The number of ether oxygens (including phenoxy) is 3. The van der Waals surface area contributed by atoms with E-state index >= 15 is 0 Å². The summed E-state index contributed by atoms with van der Waals surface area (Å²) in [5, 5.41) is 2.90. The van der Waals surface area contributed by atoms with Crippen LogP contribution < -0.4 is 19.5 Å². The summed E-state index contributed by atoms with van der Waals surface area (Å²) < 4.78 is 17.2. The van der Waals surface area contributed by atoms with Crippen LogP contribution in [0.3, 0.4) is 0 Å². The van der Waals surface area contributed by atoms with Crippen molar-refractivity contribution in [2.75, 3.05) is 20.8 Å². The zero-order chi connectivity index (χ0) is 17.5. The smallest absolute Gasteiger partial charge is 0.258 e. The molecule has 0 bridgehead atoms. The van der Waals surface area contributed by atoms with Gasteiger partial charge in [-0.05, 0) is 72.0 Å². The zero-order valence-corrected chi connectivity index (χ0v) is 16.0. The summed E-state index contributed by atoms with van der Waals surface area (Å²) in [6.07, 6.45) is 0. The van der Waals surface area contributed by atoms with Gasteiger partial charge in [-0.1, -0.05) is 0 Å². The molecule has 0 aliphatic rings. The Morgan fingerprint density at radius 3 is 2.38 bits per heavy atom. The molecule has 5 nitrogen and oxygen atoms in total. The maximum Gasteiger partial charge on any atom is 0.258 e. The van der Waals surface area contributed by atoms with E-state index in [2.05, 4.69) is 27.9 Å². The van der Waals surface area contributed by atoms with Crippen LogP contribution in [-0.4, -0.2) is 26.7 Å². The van der Waals surface area contributed by atoms with E-state index in [-0.39, 0.29) is 18.6 Å². The first kappa shape index (κ1) is 18.4. The highest BCUT2D eigenvalue weighted by Crippen LogP contribution is 2.29. The third-order valence-corrected chi connectivity index (χ3v) is 4.18. The lowest BCUT2D eigenvalue weighted by molar-refractivity contribution is -0.123. The fraction of sp³-hybridized carbons (Fsp3) is 0.278. The molecule has 0 unspecified atom stereocenters. The highest BCUT2D eigenvalue weighted by molar-refractivity contribution is 14.1. The van der Waals surface area contributed by atoms with Crippen LogP contribution >= 0.6 is 22.6 Å². The summed E-state index contributed by atoms with van der Waals surface area (Å²) >= 11 is 2.22. The first-order chi connectivity index (χ1) is 11.5. The van der Waals surface area contributed by atoms with E-state index in [9.17, 15) is 4.79 Å². The van der Waals surface area contributed by atoms with Gasteiger partial charge in [0.2, 0.25) is 0 Å². The minimum atomic E-state index is -0.233. The lowest BCUT2D eigenvalue weighted by Crippen LogP contribution is -2.31. The highest BCUT2D eigenvalue weighted by Gasteiger charge is 2.15. The minimum absolute atomic E-state index is 0.0444. The van der Waals surface area contributed by atoms with Crippen LogP contribution in [0.2, 0.25) is 0 Å². The van der Waals surface area contributed by atoms with Gasteiger partial charge in [-0.25, -0.2) is 0 Å². The van der Waals surface area contributed by atoms with E-state index in [4.69, 9.17) is 14.2 Å². The molecule has 1 N–H and O–H groups in total. The third kappa shape index (κ3) is 5.02. The van der Waals surface area contributed by atoms with Crippen molar-refractivity contribution in [3.05, 3.63) is 51.6 Å². The molecule has 24 heavy (non-hydrogen) atoms. The van der Waals surface area contributed by atoms with Crippen LogP contribution in [0.1, 0.15) is 18.5 Å². The van der Waals surface area contributed by atoms with Gasteiger partial charge in [0.1, 0.15) is 17.2 Å². The Labute approximate surface area is 155 Å². The Bertz CT molecular complexity index is 688. The molecular formula is C18H20INO4. The average Bonchev–Trinajstić information content (AvgIpc) is 2.60. The number of hydrogen-bond acceptors (Lipinski definition) is 4. The highest BCUT2D eigenvalue weighted by atomic mass is 127. The van der Waals surface area contributed by atoms with Crippen molar-refractivity contribution in [2.45, 2.75) is 13.0 Å². The van der Waals surface area contributed by atoms with Gasteiger partial charge in [0.05, 0.1) is 20.3 Å². The molecule has 0 saturated carbocycles. The number of benzene rings is 2. The van der Waals surface area contributed by atoms with Gasteiger partial charge in [-0.2, -0.15) is 0 Å². The molecule has 0 fully saturated rings. The molecule has 6 heteroatoms. The fourth-order valence-electron chi connectivity index (χ4n) is 2.22. The molecule has 1 atom stereocenters. The SMILES string of the molecule is COc1ccc(OC)c([C@@H](C)NC(=O)COc2ccc(I)cc2)c1. The lowest BCUT2D eigenvalue weighted by atomic mass is 10.1. The van der Waals surface area contributed by atoms with E-state index in [0.717, 1.165) is 9.13 Å². The number of nitrogens with one attached hydrogen (secondary N) is 1. The zero-order valence-electron chi connectivity index (χ0n) is 13.8. The average molecular weight is 441 g/mol. The number of carbonyl (C=O) groups is 1. The van der Waals surface area contributed by atoms with E-state index < -0.39 is 0 Å². The van der Waals surface area contributed by atoms with Crippen LogP contribution in [-0.2, 0) is 4.79 Å². The van der Waals surface area contributed by atoms with Crippen LogP contribution in [0.4, 0.5) is 0 Å². The van der Waals surface area contributed by atoms with Gasteiger partial charge in [-0.3, -0.25) is 4.79 Å². The Kier molecular flexibility index (Phi) is 6.72. The van der Waals surface area contributed by atoms with Crippen molar-refractivity contribution < 1.29 is 19.0 Å². The molecule has 2 aromatic carbocycles. The summed E-state index contributed by atoms with van der Waals surface area (Å²) in [5.41, 5.74) is 0.847. The number of amides is 1. The van der Waals surface area contributed by atoms with Gasteiger partial charge >= 0.3 is 0 Å². The minimum Gasteiger partial charge on any atom is -0.497 e. The maximum absolute atomic E-state index is 12.1. The lowest BCUT2D eigenvalue weighted by Gasteiger charge is -2.18. The van der Waals surface area contributed by atoms with Crippen LogP contribution in [0.25, 0.3) is 0 Å². The van der Waals surface area contributed by atoms with Crippen molar-refractivity contribution in [2.24, 2.45) is 0 Å². The molecule has 0 spiro atoms.